The van der Waals surface area contributed by atoms with Gasteiger partial charge in [-0.3, -0.25) is 4.79 Å². The second kappa shape index (κ2) is 6.43. The molecular formula is C14H17F4NO2. The summed E-state index contributed by atoms with van der Waals surface area (Å²) >= 11 is 0. The first-order chi connectivity index (χ1) is 9.61. The van der Waals surface area contributed by atoms with Gasteiger partial charge in [0.2, 0.25) is 0 Å². The van der Waals surface area contributed by atoms with Crippen LogP contribution >= 0.6 is 0 Å². The van der Waals surface area contributed by atoms with E-state index >= 15 is 0 Å². The summed E-state index contributed by atoms with van der Waals surface area (Å²) in [4.78, 5) is 11.7. The van der Waals surface area contributed by atoms with E-state index in [9.17, 15) is 27.5 Å². The quantitative estimate of drug-likeness (QED) is 0.499. The van der Waals surface area contributed by atoms with Crippen molar-refractivity contribution in [2.45, 2.75) is 32.8 Å². The van der Waals surface area contributed by atoms with Crippen molar-refractivity contribution in [1.29, 1.82) is 0 Å². The van der Waals surface area contributed by atoms with Gasteiger partial charge in [-0.15, -0.1) is 0 Å². The normalized spacial score (nSPS) is 15.4. The fourth-order valence-corrected chi connectivity index (χ4v) is 1.71. The van der Waals surface area contributed by atoms with Gasteiger partial charge in [-0.25, -0.2) is 17.6 Å². The van der Waals surface area contributed by atoms with E-state index in [1.54, 1.807) is 6.92 Å². The molecule has 0 aliphatic carbocycles. The molecule has 0 aliphatic rings. The Morgan fingerprint density at radius 2 is 1.86 bits per heavy atom. The van der Waals surface area contributed by atoms with E-state index in [0.29, 0.717) is 6.42 Å². The van der Waals surface area contributed by atoms with Crippen LogP contribution in [-0.4, -0.2) is 23.2 Å². The predicted octanol–water partition coefficient (Wildman–Crippen LogP) is 2.77. The van der Waals surface area contributed by atoms with Gasteiger partial charge < -0.3 is 10.4 Å². The topological polar surface area (TPSA) is 49.3 Å². The third kappa shape index (κ3) is 3.72. The Labute approximate surface area is 120 Å². The minimum Gasteiger partial charge on any atom is -0.388 e. The highest BCUT2D eigenvalue weighted by Gasteiger charge is 2.29. The highest BCUT2D eigenvalue weighted by atomic mass is 19.2. The van der Waals surface area contributed by atoms with Gasteiger partial charge in [0, 0.05) is 6.54 Å². The predicted molar refractivity (Wildman–Crippen MR) is 68.7 cm³/mol. The molecule has 118 valence electrons. The third-order valence-corrected chi connectivity index (χ3v) is 3.63. The smallest absolute Gasteiger partial charge is 0.254 e. The van der Waals surface area contributed by atoms with Gasteiger partial charge in [-0.2, -0.15) is 0 Å². The number of amides is 1. The standard InChI is InChI=1S/C14H17F4NO2/c1-4-7(2)14(3,21)6-19-13(20)8-5-9(15)11(17)12(18)10(8)16/h5,7,21H,4,6H2,1-3H3,(H,19,20). The molecule has 2 atom stereocenters. The van der Waals surface area contributed by atoms with Crippen molar-refractivity contribution in [3.63, 3.8) is 0 Å². The molecule has 1 aromatic carbocycles. The SMILES string of the molecule is CCC(C)C(C)(O)CNC(=O)c1cc(F)c(F)c(F)c1F. The lowest BCUT2D eigenvalue weighted by Gasteiger charge is -2.29. The van der Waals surface area contributed by atoms with Crippen LogP contribution in [0.5, 0.6) is 0 Å². The molecule has 2 N–H and O–H groups in total. The average molecular weight is 307 g/mol. The average Bonchev–Trinajstić information content (AvgIpc) is 2.45. The van der Waals surface area contributed by atoms with Crippen molar-refractivity contribution in [3.05, 3.63) is 34.9 Å². The molecule has 21 heavy (non-hydrogen) atoms. The highest BCUT2D eigenvalue weighted by Crippen LogP contribution is 2.21. The zero-order chi connectivity index (χ0) is 16.4. The number of carbonyl (C=O) groups is 1. The Morgan fingerprint density at radius 3 is 2.38 bits per heavy atom. The molecule has 1 aromatic rings. The second-order valence-electron chi connectivity index (χ2n) is 5.20. The Morgan fingerprint density at radius 1 is 1.29 bits per heavy atom. The van der Waals surface area contributed by atoms with E-state index in [1.807, 2.05) is 6.92 Å². The van der Waals surface area contributed by atoms with Gasteiger partial charge in [0.15, 0.2) is 23.3 Å². The molecule has 0 aromatic heterocycles. The van der Waals surface area contributed by atoms with Crippen LogP contribution in [-0.2, 0) is 0 Å². The Balaban J connectivity index is 2.92. The minimum absolute atomic E-state index is 0.163. The molecule has 2 unspecified atom stereocenters. The lowest BCUT2D eigenvalue weighted by Crippen LogP contribution is -2.45. The Bertz CT molecular complexity index is 546. The molecule has 0 aliphatic heterocycles. The largest absolute Gasteiger partial charge is 0.388 e. The number of aliphatic hydroxyl groups is 1. The lowest BCUT2D eigenvalue weighted by atomic mass is 9.88. The summed E-state index contributed by atoms with van der Waals surface area (Å²) in [5.41, 5.74) is -2.22. The Hall–Kier alpha value is -1.63. The van der Waals surface area contributed by atoms with Crippen molar-refractivity contribution < 1.29 is 27.5 Å². The van der Waals surface area contributed by atoms with Crippen LogP contribution in [0.25, 0.3) is 0 Å². The van der Waals surface area contributed by atoms with Crippen LogP contribution < -0.4 is 5.32 Å². The summed E-state index contributed by atoms with van der Waals surface area (Å²) in [5, 5.41) is 12.3. The molecule has 7 heteroatoms. The van der Waals surface area contributed by atoms with Crippen LogP contribution in [0.1, 0.15) is 37.6 Å². The van der Waals surface area contributed by atoms with Crippen LogP contribution in [0.3, 0.4) is 0 Å². The molecule has 0 saturated carbocycles. The molecule has 0 fully saturated rings. The summed E-state index contributed by atoms with van der Waals surface area (Å²) in [6.07, 6.45) is 0.636. The van der Waals surface area contributed by atoms with Crippen molar-refractivity contribution in [2.75, 3.05) is 6.54 Å². The second-order valence-corrected chi connectivity index (χ2v) is 5.20. The molecule has 0 bridgehead atoms. The summed E-state index contributed by atoms with van der Waals surface area (Å²) in [6.45, 7) is 4.83. The monoisotopic (exact) mass is 307 g/mol. The first kappa shape index (κ1) is 17.4. The maximum Gasteiger partial charge on any atom is 0.254 e. The van der Waals surface area contributed by atoms with Gasteiger partial charge in [0.1, 0.15) is 0 Å². The first-order valence-electron chi connectivity index (χ1n) is 6.45. The van der Waals surface area contributed by atoms with E-state index in [0.717, 1.165) is 0 Å². The maximum absolute atomic E-state index is 13.4. The van der Waals surface area contributed by atoms with Crippen molar-refractivity contribution in [2.24, 2.45) is 5.92 Å². The maximum atomic E-state index is 13.4. The highest BCUT2D eigenvalue weighted by molar-refractivity contribution is 5.94. The third-order valence-electron chi connectivity index (χ3n) is 3.63. The Kier molecular flexibility index (Phi) is 5.33. The minimum atomic E-state index is -2.05. The molecule has 3 nitrogen and oxygen atoms in total. The van der Waals surface area contributed by atoms with Gasteiger partial charge in [0.05, 0.1) is 11.2 Å². The van der Waals surface area contributed by atoms with E-state index in [4.69, 9.17) is 0 Å². The van der Waals surface area contributed by atoms with Gasteiger partial charge in [0.25, 0.3) is 5.91 Å². The van der Waals surface area contributed by atoms with Crippen LogP contribution in [0.4, 0.5) is 17.6 Å². The summed E-state index contributed by atoms with van der Waals surface area (Å²) in [7, 11) is 0. The molecule has 0 spiro atoms. The fourth-order valence-electron chi connectivity index (χ4n) is 1.71. The van der Waals surface area contributed by atoms with Crippen LogP contribution in [0.2, 0.25) is 0 Å². The van der Waals surface area contributed by atoms with Gasteiger partial charge in [-0.05, 0) is 18.9 Å². The van der Waals surface area contributed by atoms with Crippen molar-refractivity contribution in [3.8, 4) is 0 Å². The van der Waals surface area contributed by atoms with Crippen molar-refractivity contribution in [1.82, 2.24) is 5.32 Å². The summed E-state index contributed by atoms with van der Waals surface area (Å²) in [5.74, 6) is -8.75. The molecule has 1 rings (SSSR count). The van der Waals surface area contributed by atoms with E-state index in [1.165, 1.54) is 6.92 Å². The van der Waals surface area contributed by atoms with Crippen LogP contribution in [0.15, 0.2) is 6.07 Å². The number of rotatable bonds is 5. The number of hydrogen-bond donors (Lipinski definition) is 2. The van der Waals surface area contributed by atoms with E-state index < -0.39 is 40.3 Å². The molecule has 1 amide bonds. The number of halogens is 4. The summed E-state index contributed by atoms with van der Waals surface area (Å²) < 4.78 is 52.3. The van der Waals surface area contributed by atoms with Crippen molar-refractivity contribution >= 4 is 5.91 Å². The molecular weight excluding hydrogens is 290 g/mol. The van der Waals surface area contributed by atoms with Gasteiger partial charge >= 0.3 is 0 Å². The molecule has 0 heterocycles. The van der Waals surface area contributed by atoms with E-state index in [-0.39, 0.29) is 18.5 Å². The first-order valence-corrected chi connectivity index (χ1v) is 6.45. The van der Waals surface area contributed by atoms with Crippen LogP contribution in [0, 0.1) is 29.2 Å². The molecule has 0 radical (unpaired) electrons. The fraction of sp³-hybridized carbons (Fsp3) is 0.500. The van der Waals surface area contributed by atoms with E-state index in [2.05, 4.69) is 5.32 Å². The number of nitrogens with one attached hydrogen (secondary N) is 1. The zero-order valence-corrected chi connectivity index (χ0v) is 11.9. The summed E-state index contributed by atoms with van der Waals surface area (Å²) in [6, 6.07) is 0.279. The number of hydrogen-bond acceptors (Lipinski definition) is 2. The number of benzene rings is 1. The lowest BCUT2D eigenvalue weighted by molar-refractivity contribution is 0.00587. The number of carbonyl (C=O) groups excluding carboxylic acids is 1. The van der Waals surface area contributed by atoms with Gasteiger partial charge in [-0.1, -0.05) is 20.3 Å². The molecule has 0 saturated heterocycles. The zero-order valence-electron chi connectivity index (χ0n) is 11.9.